The summed E-state index contributed by atoms with van der Waals surface area (Å²) in [6.07, 6.45) is 3.07. The van der Waals surface area contributed by atoms with E-state index in [4.69, 9.17) is 4.74 Å². The fraction of sp³-hybridized carbons (Fsp3) is 0.294. The zero-order valence-electron chi connectivity index (χ0n) is 13.6. The van der Waals surface area contributed by atoms with Crippen LogP contribution in [0.1, 0.15) is 20.0 Å². The van der Waals surface area contributed by atoms with Crippen LogP contribution in [0.5, 0.6) is 0 Å². The Morgan fingerprint density at radius 1 is 1.20 bits per heavy atom. The van der Waals surface area contributed by atoms with Crippen molar-refractivity contribution in [2.45, 2.75) is 6.04 Å². The molecule has 8 heteroatoms. The van der Waals surface area contributed by atoms with Crippen LogP contribution >= 0.6 is 11.3 Å². The molecule has 1 saturated heterocycles. The average Bonchev–Trinajstić information content (AvgIpc) is 3.21. The van der Waals surface area contributed by atoms with Gasteiger partial charge < -0.3 is 14.5 Å². The first-order valence-electron chi connectivity index (χ1n) is 7.73. The largest absolute Gasteiger partial charge is 0.467 e. The van der Waals surface area contributed by atoms with Gasteiger partial charge in [0.15, 0.2) is 0 Å². The molecule has 0 saturated carbocycles. The Morgan fingerprint density at radius 3 is 2.68 bits per heavy atom. The Kier molecular flexibility index (Phi) is 5.08. The first kappa shape index (κ1) is 17.1. The van der Waals surface area contributed by atoms with Crippen molar-refractivity contribution in [2.24, 2.45) is 0 Å². The molecule has 0 aliphatic carbocycles. The van der Waals surface area contributed by atoms with Crippen molar-refractivity contribution in [3.8, 4) is 0 Å². The number of ether oxygens (including phenoxy) is 1. The SMILES string of the molecule is COC(=O)C1CN(C(=O)c2cccnc2)CCN1C(=O)c1cccs1. The Balaban J connectivity index is 1.80. The number of pyridine rings is 1. The van der Waals surface area contributed by atoms with Crippen LogP contribution in [0, 0.1) is 0 Å². The summed E-state index contributed by atoms with van der Waals surface area (Å²) in [6.45, 7) is 0.707. The van der Waals surface area contributed by atoms with Crippen LogP contribution in [0.2, 0.25) is 0 Å². The van der Waals surface area contributed by atoms with Crippen molar-refractivity contribution in [3.05, 3.63) is 52.5 Å². The number of esters is 1. The number of hydrogen-bond donors (Lipinski definition) is 0. The lowest BCUT2D eigenvalue weighted by molar-refractivity contribution is -0.147. The molecular formula is C17H17N3O4S. The van der Waals surface area contributed by atoms with Crippen LogP contribution in [0.25, 0.3) is 0 Å². The number of methoxy groups -OCH3 is 1. The number of amides is 2. The van der Waals surface area contributed by atoms with Gasteiger partial charge in [-0.3, -0.25) is 14.6 Å². The monoisotopic (exact) mass is 359 g/mol. The zero-order valence-corrected chi connectivity index (χ0v) is 14.4. The van der Waals surface area contributed by atoms with Gasteiger partial charge in [-0.2, -0.15) is 0 Å². The summed E-state index contributed by atoms with van der Waals surface area (Å²) in [7, 11) is 1.28. The van der Waals surface area contributed by atoms with Crippen LogP contribution < -0.4 is 0 Å². The Morgan fingerprint density at radius 2 is 2.04 bits per heavy atom. The van der Waals surface area contributed by atoms with Crippen molar-refractivity contribution in [3.63, 3.8) is 0 Å². The van der Waals surface area contributed by atoms with E-state index in [2.05, 4.69) is 4.98 Å². The molecule has 1 aliphatic rings. The molecule has 0 radical (unpaired) electrons. The van der Waals surface area contributed by atoms with Crippen LogP contribution in [-0.2, 0) is 9.53 Å². The highest BCUT2D eigenvalue weighted by Gasteiger charge is 2.38. The number of rotatable bonds is 3. The molecule has 1 fully saturated rings. The third-order valence-corrected chi connectivity index (χ3v) is 4.90. The average molecular weight is 359 g/mol. The molecule has 130 valence electrons. The van der Waals surface area contributed by atoms with Crippen molar-refractivity contribution in [1.29, 1.82) is 0 Å². The van der Waals surface area contributed by atoms with Crippen molar-refractivity contribution >= 4 is 29.1 Å². The highest BCUT2D eigenvalue weighted by molar-refractivity contribution is 7.12. The van der Waals surface area contributed by atoms with Gasteiger partial charge in [-0.05, 0) is 23.6 Å². The minimum atomic E-state index is -0.825. The molecule has 25 heavy (non-hydrogen) atoms. The summed E-state index contributed by atoms with van der Waals surface area (Å²) in [5.74, 6) is -0.974. The van der Waals surface area contributed by atoms with Crippen LogP contribution in [0.4, 0.5) is 0 Å². The van der Waals surface area contributed by atoms with Gasteiger partial charge in [0.25, 0.3) is 11.8 Å². The number of nitrogens with zero attached hydrogens (tertiary/aromatic N) is 3. The third kappa shape index (κ3) is 3.53. The van der Waals surface area contributed by atoms with E-state index in [1.165, 1.54) is 29.5 Å². The van der Waals surface area contributed by atoms with Crippen LogP contribution in [-0.4, -0.2) is 65.4 Å². The zero-order chi connectivity index (χ0) is 17.8. The summed E-state index contributed by atoms with van der Waals surface area (Å²) in [6, 6.07) is 6.03. The Hall–Kier alpha value is -2.74. The van der Waals surface area contributed by atoms with Gasteiger partial charge in [0, 0.05) is 25.5 Å². The van der Waals surface area contributed by atoms with Crippen molar-refractivity contribution in [2.75, 3.05) is 26.7 Å². The summed E-state index contributed by atoms with van der Waals surface area (Å²) in [5.41, 5.74) is 0.448. The van der Waals surface area contributed by atoms with Gasteiger partial charge >= 0.3 is 5.97 Å². The summed E-state index contributed by atoms with van der Waals surface area (Å²) >= 11 is 1.32. The van der Waals surface area contributed by atoms with Gasteiger partial charge in [-0.1, -0.05) is 6.07 Å². The second-order valence-corrected chi connectivity index (χ2v) is 6.46. The molecule has 1 atom stereocenters. The molecule has 1 unspecified atom stereocenters. The van der Waals surface area contributed by atoms with E-state index >= 15 is 0 Å². The van der Waals surface area contributed by atoms with Gasteiger partial charge in [0.2, 0.25) is 0 Å². The minimum absolute atomic E-state index is 0.0948. The normalized spacial score (nSPS) is 17.2. The number of thiophene rings is 1. The van der Waals surface area contributed by atoms with E-state index in [0.717, 1.165) is 0 Å². The van der Waals surface area contributed by atoms with Crippen molar-refractivity contribution < 1.29 is 19.1 Å². The summed E-state index contributed by atoms with van der Waals surface area (Å²) < 4.78 is 4.84. The second-order valence-electron chi connectivity index (χ2n) is 5.51. The second kappa shape index (κ2) is 7.43. The van der Waals surface area contributed by atoms with Gasteiger partial charge in [0.1, 0.15) is 6.04 Å². The van der Waals surface area contributed by atoms with E-state index in [0.29, 0.717) is 17.0 Å². The molecular weight excluding hydrogens is 342 g/mol. The van der Waals surface area contributed by atoms with Gasteiger partial charge in [-0.25, -0.2) is 4.79 Å². The number of piperazine rings is 1. The highest BCUT2D eigenvalue weighted by Crippen LogP contribution is 2.19. The first-order chi connectivity index (χ1) is 12.1. The van der Waals surface area contributed by atoms with Crippen molar-refractivity contribution in [1.82, 2.24) is 14.8 Å². The Labute approximate surface area is 148 Å². The first-order valence-corrected chi connectivity index (χ1v) is 8.61. The molecule has 3 rings (SSSR count). The predicted octanol–water partition coefficient (Wildman–Crippen LogP) is 1.28. The molecule has 0 spiro atoms. The molecule has 1 aliphatic heterocycles. The molecule has 2 aromatic heterocycles. The number of hydrogen-bond acceptors (Lipinski definition) is 6. The lowest BCUT2D eigenvalue weighted by Gasteiger charge is -2.39. The quantitative estimate of drug-likeness (QED) is 0.772. The summed E-state index contributed by atoms with van der Waals surface area (Å²) in [5, 5.41) is 1.81. The van der Waals surface area contributed by atoms with E-state index < -0.39 is 12.0 Å². The lowest BCUT2D eigenvalue weighted by atomic mass is 10.1. The molecule has 7 nitrogen and oxygen atoms in total. The number of carbonyl (C=O) groups excluding carboxylic acids is 3. The molecule has 0 bridgehead atoms. The molecule has 0 N–H and O–H groups in total. The molecule has 2 aromatic rings. The van der Waals surface area contributed by atoms with E-state index in [9.17, 15) is 14.4 Å². The predicted molar refractivity (Wildman–Crippen MR) is 91.3 cm³/mol. The maximum atomic E-state index is 12.7. The van der Waals surface area contributed by atoms with Gasteiger partial charge in [-0.15, -0.1) is 11.3 Å². The number of aromatic nitrogens is 1. The minimum Gasteiger partial charge on any atom is -0.467 e. The molecule has 0 aromatic carbocycles. The molecule has 2 amide bonds. The molecule has 3 heterocycles. The standard InChI is InChI=1S/C17H17N3O4S/c1-24-17(23)13-11-19(15(21)12-4-2-6-18-10-12)7-8-20(13)16(22)14-5-3-9-25-14/h2-6,9-10,13H,7-8,11H2,1H3. The van der Waals surface area contributed by atoms with E-state index in [-0.39, 0.29) is 24.9 Å². The van der Waals surface area contributed by atoms with E-state index in [1.807, 2.05) is 5.38 Å². The topological polar surface area (TPSA) is 79.8 Å². The van der Waals surface area contributed by atoms with E-state index in [1.54, 1.807) is 35.4 Å². The fourth-order valence-corrected chi connectivity index (χ4v) is 3.44. The lowest BCUT2D eigenvalue weighted by Crippen LogP contribution is -2.59. The van der Waals surface area contributed by atoms with Crippen LogP contribution in [0.3, 0.4) is 0 Å². The highest BCUT2D eigenvalue weighted by atomic mass is 32.1. The smallest absolute Gasteiger partial charge is 0.330 e. The third-order valence-electron chi connectivity index (χ3n) is 4.04. The summed E-state index contributed by atoms with van der Waals surface area (Å²) in [4.78, 5) is 45.0. The van der Waals surface area contributed by atoms with Gasteiger partial charge in [0.05, 0.1) is 24.1 Å². The van der Waals surface area contributed by atoms with Crippen LogP contribution in [0.15, 0.2) is 42.0 Å². The maximum absolute atomic E-state index is 12.7. The fourth-order valence-electron chi connectivity index (χ4n) is 2.76. The number of carbonyl (C=O) groups is 3. The Bertz CT molecular complexity index is 763. The maximum Gasteiger partial charge on any atom is 0.330 e.